The van der Waals surface area contributed by atoms with Crippen LogP contribution in [-0.4, -0.2) is 6.04 Å². The van der Waals surface area contributed by atoms with E-state index < -0.39 is 0 Å². The third-order valence-corrected chi connectivity index (χ3v) is 3.12. The monoisotopic (exact) mass is 241 g/mol. The lowest BCUT2D eigenvalue weighted by atomic mass is 9.91. The van der Waals surface area contributed by atoms with Crippen molar-refractivity contribution in [3.05, 3.63) is 39.9 Å². The van der Waals surface area contributed by atoms with Gasteiger partial charge in [-0.1, -0.05) is 29.3 Å². The van der Waals surface area contributed by atoms with Crippen molar-refractivity contribution in [2.24, 2.45) is 5.73 Å². The fourth-order valence-corrected chi connectivity index (χ4v) is 2.38. The van der Waals surface area contributed by atoms with E-state index in [0.717, 1.165) is 24.8 Å². The van der Waals surface area contributed by atoms with Crippen molar-refractivity contribution < 1.29 is 0 Å². The highest BCUT2D eigenvalue weighted by molar-refractivity contribution is 6.34. The molecule has 1 atom stereocenters. The molecule has 0 heterocycles. The molecule has 15 heavy (non-hydrogen) atoms. The molecule has 1 aliphatic carbocycles. The van der Waals surface area contributed by atoms with Gasteiger partial charge in [-0.05, 0) is 48.6 Å². The zero-order chi connectivity index (χ0) is 10.8. The Balaban J connectivity index is 2.29. The molecule has 0 saturated heterocycles. The van der Waals surface area contributed by atoms with E-state index in [2.05, 4.69) is 6.08 Å². The highest BCUT2D eigenvalue weighted by Crippen LogP contribution is 2.30. The van der Waals surface area contributed by atoms with Gasteiger partial charge in [-0.15, -0.1) is 0 Å². The summed E-state index contributed by atoms with van der Waals surface area (Å²) in [5.41, 5.74) is 8.27. The Morgan fingerprint density at radius 2 is 1.80 bits per heavy atom. The lowest BCUT2D eigenvalue weighted by molar-refractivity contribution is 0.614. The molecule has 0 bridgehead atoms. The Bertz CT molecular complexity index is 378. The van der Waals surface area contributed by atoms with Gasteiger partial charge in [0.25, 0.3) is 0 Å². The van der Waals surface area contributed by atoms with Crippen LogP contribution in [0.2, 0.25) is 10.0 Å². The Morgan fingerprint density at radius 1 is 1.13 bits per heavy atom. The predicted molar refractivity (Wildman–Crippen MR) is 66.3 cm³/mol. The average molecular weight is 242 g/mol. The summed E-state index contributed by atoms with van der Waals surface area (Å²) in [4.78, 5) is 0. The van der Waals surface area contributed by atoms with Crippen LogP contribution in [0.1, 0.15) is 24.8 Å². The van der Waals surface area contributed by atoms with E-state index in [1.54, 1.807) is 6.07 Å². The molecule has 0 saturated carbocycles. The van der Waals surface area contributed by atoms with Gasteiger partial charge in [0.1, 0.15) is 0 Å². The summed E-state index contributed by atoms with van der Waals surface area (Å²) < 4.78 is 0. The van der Waals surface area contributed by atoms with Gasteiger partial charge in [0.2, 0.25) is 0 Å². The molecule has 0 fully saturated rings. The number of hydrogen-bond acceptors (Lipinski definition) is 1. The van der Waals surface area contributed by atoms with Gasteiger partial charge in [0.15, 0.2) is 0 Å². The van der Waals surface area contributed by atoms with E-state index in [4.69, 9.17) is 28.9 Å². The minimum absolute atomic E-state index is 0.309. The number of hydrogen-bond donors (Lipinski definition) is 1. The minimum atomic E-state index is 0.309. The predicted octanol–water partition coefficient (Wildman–Crippen LogP) is 3.89. The summed E-state index contributed by atoms with van der Waals surface area (Å²) >= 11 is 11.9. The Labute approximate surface area is 99.9 Å². The van der Waals surface area contributed by atoms with Crippen LogP contribution in [0.15, 0.2) is 24.3 Å². The molecular formula is C12H13Cl2N. The van der Waals surface area contributed by atoms with Crippen LogP contribution < -0.4 is 5.73 Å². The topological polar surface area (TPSA) is 26.0 Å². The van der Waals surface area contributed by atoms with Crippen LogP contribution in [0.5, 0.6) is 0 Å². The molecule has 1 aromatic rings. The van der Waals surface area contributed by atoms with Gasteiger partial charge in [-0.2, -0.15) is 0 Å². The highest BCUT2D eigenvalue weighted by Gasteiger charge is 2.12. The van der Waals surface area contributed by atoms with Crippen LogP contribution in [0.4, 0.5) is 0 Å². The molecule has 0 radical (unpaired) electrons. The lowest BCUT2D eigenvalue weighted by Crippen LogP contribution is -2.21. The van der Waals surface area contributed by atoms with Crippen molar-refractivity contribution in [2.75, 3.05) is 0 Å². The molecule has 1 aliphatic rings. The summed E-state index contributed by atoms with van der Waals surface area (Å²) in [7, 11) is 0. The van der Waals surface area contributed by atoms with Gasteiger partial charge < -0.3 is 5.73 Å². The summed E-state index contributed by atoms with van der Waals surface area (Å²) in [6.07, 6.45) is 5.18. The average Bonchev–Trinajstić information content (AvgIpc) is 2.17. The van der Waals surface area contributed by atoms with E-state index >= 15 is 0 Å². The zero-order valence-electron chi connectivity index (χ0n) is 8.34. The maximum Gasteiger partial charge on any atom is 0.0426 e. The van der Waals surface area contributed by atoms with Crippen LogP contribution in [0, 0.1) is 0 Å². The van der Waals surface area contributed by atoms with Crippen molar-refractivity contribution in [1.29, 1.82) is 0 Å². The molecule has 0 aromatic heterocycles. The third kappa shape index (κ3) is 2.75. The first kappa shape index (κ1) is 11.0. The van der Waals surface area contributed by atoms with E-state index in [1.165, 1.54) is 5.57 Å². The standard InChI is InChI=1S/C12H13Cl2N/c13-10-5-9(6-11(14)7-10)8-1-3-12(15)4-2-8/h1,5-7,12H,2-4,15H2. The smallest absolute Gasteiger partial charge is 0.0426 e. The second-order valence-corrected chi connectivity index (χ2v) is 4.79. The molecule has 3 heteroatoms. The molecule has 0 aliphatic heterocycles. The summed E-state index contributed by atoms with van der Waals surface area (Å²) in [5, 5.41) is 1.38. The SMILES string of the molecule is NC1CC=C(c2cc(Cl)cc(Cl)c2)CC1. The van der Waals surface area contributed by atoms with Crippen molar-refractivity contribution in [2.45, 2.75) is 25.3 Å². The molecule has 0 amide bonds. The largest absolute Gasteiger partial charge is 0.327 e. The van der Waals surface area contributed by atoms with Gasteiger partial charge in [-0.3, -0.25) is 0 Å². The summed E-state index contributed by atoms with van der Waals surface area (Å²) in [6, 6.07) is 5.97. The summed E-state index contributed by atoms with van der Waals surface area (Å²) in [5.74, 6) is 0. The maximum absolute atomic E-state index is 5.96. The second-order valence-electron chi connectivity index (χ2n) is 3.92. The first-order valence-electron chi connectivity index (χ1n) is 5.06. The molecule has 2 rings (SSSR count). The molecule has 2 N–H and O–H groups in total. The highest BCUT2D eigenvalue weighted by atomic mass is 35.5. The van der Waals surface area contributed by atoms with Crippen molar-refractivity contribution in [3.8, 4) is 0 Å². The Morgan fingerprint density at radius 3 is 2.33 bits per heavy atom. The molecule has 1 aromatic carbocycles. The number of halogens is 2. The normalized spacial score (nSPS) is 21.3. The first-order chi connectivity index (χ1) is 7.15. The summed E-state index contributed by atoms with van der Waals surface area (Å²) in [6.45, 7) is 0. The van der Waals surface area contributed by atoms with Crippen LogP contribution in [-0.2, 0) is 0 Å². The zero-order valence-corrected chi connectivity index (χ0v) is 9.85. The fraction of sp³-hybridized carbons (Fsp3) is 0.333. The van der Waals surface area contributed by atoms with Gasteiger partial charge in [-0.25, -0.2) is 0 Å². The number of benzene rings is 1. The molecule has 80 valence electrons. The van der Waals surface area contributed by atoms with E-state index in [-0.39, 0.29) is 0 Å². The number of nitrogens with two attached hydrogens (primary N) is 1. The Hall–Kier alpha value is -0.500. The maximum atomic E-state index is 5.96. The minimum Gasteiger partial charge on any atom is -0.327 e. The van der Waals surface area contributed by atoms with E-state index in [1.807, 2.05) is 12.1 Å². The van der Waals surface area contributed by atoms with E-state index in [9.17, 15) is 0 Å². The molecule has 1 unspecified atom stereocenters. The van der Waals surface area contributed by atoms with Crippen LogP contribution in [0.3, 0.4) is 0 Å². The van der Waals surface area contributed by atoms with Gasteiger partial charge in [0, 0.05) is 16.1 Å². The van der Waals surface area contributed by atoms with Crippen molar-refractivity contribution in [1.82, 2.24) is 0 Å². The van der Waals surface area contributed by atoms with E-state index in [0.29, 0.717) is 16.1 Å². The molecule has 0 spiro atoms. The van der Waals surface area contributed by atoms with Crippen LogP contribution in [0.25, 0.3) is 5.57 Å². The number of allylic oxidation sites excluding steroid dienone is 1. The van der Waals surface area contributed by atoms with Gasteiger partial charge in [0.05, 0.1) is 0 Å². The van der Waals surface area contributed by atoms with Gasteiger partial charge >= 0.3 is 0 Å². The number of rotatable bonds is 1. The lowest BCUT2D eigenvalue weighted by Gasteiger charge is -2.18. The van der Waals surface area contributed by atoms with Crippen molar-refractivity contribution in [3.63, 3.8) is 0 Å². The fourth-order valence-electron chi connectivity index (χ4n) is 1.86. The van der Waals surface area contributed by atoms with Crippen LogP contribution >= 0.6 is 23.2 Å². The molecule has 1 nitrogen and oxygen atoms in total. The first-order valence-corrected chi connectivity index (χ1v) is 5.82. The third-order valence-electron chi connectivity index (χ3n) is 2.68. The second kappa shape index (κ2) is 4.56. The Kier molecular flexibility index (Phi) is 3.35. The van der Waals surface area contributed by atoms with Crippen molar-refractivity contribution >= 4 is 28.8 Å². The molecular weight excluding hydrogens is 229 g/mol. The quantitative estimate of drug-likeness (QED) is 0.794.